The average molecular weight is 646 g/mol. The molecule has 0 bridgehead atoms. The first-order valence-electron chi connectivity index (χ1n) is 16.3. The third kappa shape index (κ3) is 8.84. The van der Waals surface area contributed by atoms with Gasteiger partial charge in [-0.1, -0.05) is 43.3 Å². The summed E-state index contributed by atoms with van der Waals surface area (Å²) in [6.07, 6.45) is 3.19. The zero-order valence-electron chi connectivity index (χ0n) is 28.3. The third-order valence-corrected chi connectivity index (χ3v) is 8.97. The maximum Gasteiger partial charge on any atom is 0.341 e. The summed E-state index contributed by atoms with van der Waals surface area (Å²) in [5.74, 6) is -0.543. The van der Waals surface area contributed by atoms with E-state index < -0.39 is 36.6 Å². The van der Waals surface area contributed by atoms with E-state index in [0.717, 1.165) is 29.5 Å². The summed E-state index contributed by atoms with van der Waals surface area (Å²) in [6, 6.07) is 16.4. The van der Waals surface area contributed by atoms with Crippen molar-refractivity contribution in [2.45, 2.75) is 84.3 Å². The van der Waals surface area contributed by atoms with E-state index in [1.807, 2.05) is 32.0 Å². The average Bonchev–Trinajstić information content (AvgIpc) is 3.07. The van der Waals surface area contributed by atoms with Gasteiger partial charge in [0.05, 0.1) is 20.1 Å². The van der Waals surface area contributed by atoms with Crippen molar-refractivity contribution in [2.24, 2.45) is 0 Å². The number of aliphatic carboxylic acids is 1. The smallest absolute Gasteiger partial charge is 0.341 e. The van der Waals surface area contributed by atoms with E-state index in [0.29, 0.717) is 55.0 Å². The quantitative estimate of drug-likeness (QED) is 0.189. The Labute approximate surface area is 277 Å². The van der Waals surface area contributed by atoms with Gasteiger partial charge >= 0.3 is 11.9 Å². The van der Waals surface area contributed by atoms with Crippen molar-refractivity contribution >= 4 is 17.8 Å². The predicted octanol–water partition coefficient (Wildman–Crippen LogP) is 6.88. The summed E-state index contributed by atoms with van der Waals surface area (Å²) >= 11 is 0. The summed E-state index contributed by atoms with van der Waals surface area (Å²) in [7, 11) is 3.16. The normalized spacial score (nSPS) is 15.8. The largest absolute Gasteiger partial charge is 0.493 e. The molecule has 9 nitrogen and oxygen atoms in total. The standard InChI is InChI=1S/C38H47NO8/c1-7-31(29-20-26(4)36(45-6)34(22-29)44-5)37(42)39-18-9-8-13-32(39)38(43)47-33(17-16-27-15-14-24(2)25(3)19-27)28-11-10-12-30(21-28)46-23-35(40)41/h10-12,14-15,19-22,31-33H,7-9,13,16-18,23H2,1-6H3,(H,40,41)/t31?,32?,33-/m1/s1. The summed E-state index contributed by atoms with van der Waals surface area (Å²) in [4.78, 5) is 41.0. The number of hydrogen-bond donors (Lipinski definition) is 1. The van der Waals surface area contributed by atoms with E-state index in [4.69, 9.17) is 24.1 Å². The highest BCUT2D eigenvalue weighted by Crippen LogP contribution is 2.37. The van der Waals surface area contributed by atoms with Gasteiger partial charge in [-0.25, -0.2) is 9.59 Å². The van der Waals surface area contributed by atoms with E-state index >= 15 is 0 Å². The predicted molar refractivity (Wildman–Crippen MR) is 179 cm³/mol. The summed E-state index contributed by atoms with van der Waals surface area (Å²) in [5.41, 5.74) is 5.89. The highest BCUT2D eigenvalue weighted by molar-refractivity contribution is 5.89. The lowest BCUT2D eigenvalue weighted by Gasteiger charge is -2.37. The monoisotopic (exact) mass is 645 g/mol. The number of likely N-dealkylation sites (tertiary alicyclic amines) is 1. The van der Waals surface area contributed by atoms with Gasteiger partial charge in [-0.15, -0.1) is 0 Å². The van der Waals surface area contributed by atoms with E-state index in [1.54, 1.807) is 37.3 Å². The molecule has 0 radical (unpaired) electrons. The molecule has 1 N–H and O–H groups in total. The van der Waals surface area contributed by atoms with Gasteiger partial charge in [0.2, 0.25) is 5.91 Å². The van der Waals surface area contributed by atoms with Crippen LogP contribution in [0.1, 0.15) is 84.4 Å². The Morgan fingerprint density at radius 1 is 0.915 bits per heavy atom. The van der Waals surface area contributed by atoms with Gasteiger partial charge in [0, 0.05) is 6.54 Å². The molecule has 1 amide bonds. The lowest BCUT2D eigenvalue weighted by molar-refractivity contribution is -0.162. The molecule has 0 saturated carbocycles. The molecule has 0 aliphatic carbocycles. The van der Waals surface area contributed by atoms with Crippen LogP contribution in [0.3, 0.4) is 0 Å². The molecule has 1 aliphatic heterocycles. The molecule has 9 heteroatoms. The maximum absolute atomic E-state index is 14.2. The first-order valence-corrected chi connectivity index (χ1v) is 16.3. The van der Waals surface area contributed by atoms with Crippen LogP contribution in [0.5, 0.6) is 17.2 Å². The van der Waals surface area contributed by atoms with Gasteiger partial charge in [0.25, 0.3) is 0 Å². The molecular formula is C38H47NO8. The second-order valence-corrected chi connectivity index (χ2v) is 12.2. The van der Waals surface area contributed by atoms with Crippen molar-refractivity contribution in [2.75, 3.05) is 27.4 Å². The van der Waals surface area contributed by atoms with Crippen molar-refractivity contribution in [1.29, 1.82) is 0 Å². The highest BCUT2D eigenvalue weighted by Gasteiger charge is 2.38. The van der Waals surface area contributed by atoms with E-state index in [9.17, 15) is 14.4 Å². The Morgan fingerprint density at radius 2 is 1.70 bits per heavy atom. The van der Waals surface area contributed by atoms with E-state index in [2.05, 4.69) is 32.0 Å². The van der Waals surface area contributed by atoms with E-state index in [-0.39, 0.29) is 5.91 Å². The molecule has 1 saturated heterocycles. The van der Waals surface area contributed by atoms with Crippen molar-refractivity contribution < 1.29 is 38.4 Å². The second-order valence-electron chi connectivity index (χ2n) is 12.2. The van der Waals surface area contributed by atoms with Crippen LogP contribution >= 0.6 is 0 Å². The van der Waals surface area contributed by atoms with Crippen LogP contribution < -0.4 is 14.2 Å². The van der Waals surface area contributed by atoms with Crippen molar-refractivity contribution in [3.8, 4) is 17.2 Å². The first kappa shape index (κ1) is 35.3. The van der Waals surface area contributed by atoms with Crippen LogP contribution in [0.2, 0.25) is 0 Å². The number of esters is 1. The van der Waals surface area contributed by atoms with Crippen LogP contribution in [-0.2, 0) is 25.5 Å². The van der Waals surface area contributed by atoms with Crippen molar-refractivity contribution in [1.82, 2.24) is 4.90 Å². The second kappa shape index (κ2) is 16.3. The van der Waals surface area contributed by atoms with Crippen molar-refractivity contribution in [3.05, 3.63) is 88.0 Å². The molecule has 252 valence electrons. The van der Waals surface area contributed by atoms with Crippen LogP contribution in [0.25, 0.3) is 0 Å². The summed E-state index contributed by atoms with van der Waals surface area (Å²) in [5, 5.41) is 9.09. The number of methoxy groups -OCH3 is 2. The first-order chi connectivity index (χ1) is 22.6. The number of hydrogen-bond acceptors (Lipinski definition) is 7. The molecule has 47 heavy (non-hydrogen) atoms. The number of aryl methyl sites for hydroxylation is 4. The minimum Gasteiger partial charge on any atom is -0.493 e. The number of carboxylic acids is 1. The molecule has 2 unspecified atom stereocenters. The molecule has 4 rings (SSSR count). The number of carboxylic acid groups (broad SMARTS) is 1. The molecule has 0 spiro atoms. The SMILES string of the molecule is CCC(C(=O)N1CCCCC1C(=O)O[C@H](CCc1ccc(C)c(C)c1)c1cccc(OCC(=O)O)c1)c1cc(C)c(OC)c(OC)c1. The Balaban J connectivity index is 1.60. The number of carbonyl (C=O) groups excluding carboxylic acids is 2. The minimum absolute atomic E-state index is 0.114. The van der Waals surface area contributed by atoms with Crippen LogP contribution in [0.15, 0.2) is 54.6 Å². The fraction of sp³-hybridized carbons (Fsp3) is 0.447. The minimum atomic E-state index is -1.08. The molecule has 3 atom stereocenters. The molecule has 3 aromatic rings. The van der Waals surface area contributed by atoms with Crippen LogP contribution in [0, 0.1) is 20.8 Å². The van der Waals surface area contributed by atoms with Crippen LogP contribution in [0.4, 0.5) is 0 Å². The lowest BCUT2D eigenvalue weighted by Crippen LogP contribution is -2.50. The van der Waals surface area contributed by atoms with Gasteiger partial charge in [0.15, 0.2) is 18.1 Å². The van der Waals surface area contributed by atoms with E-state index in [1.165, 1.54) is 11.1 Å². The number of carbonyl (C=O) groups is 3. The molecule has 1 fully saturated rings. The van der Waals surface area contributed by atoms with Crippen LogP contribution in [-0.4, -0.2) is 61.3 Å². The fourth-order valence-corrected chi connectivity index (χ4v) is 6.30. The number of nitrogens with zero attached hydrogens (tertiary/aromatic N) is 1. The fourth-order valence-electron chi connectivity index (χ4n) is 6.30. The third-order valence-electron chi connectivity index (χ3n) is 8.97. The number of rotatable bonds is 14. The Kier molecular flexibility index (Phi) is 12.3. The van der Waals surface area contributed by atoms with Gasteiger partial charge in [0.1, 0.15) is 17.9 Å². The summed E-state index contributed by atoms with van der Waals surface area (Å²) < 4.78 is 22.8. The van der Waals surface area contributed by atoms with Gasteiger partial charge < -0.3 is 29.0 Å². The Hall–Kier alpha value is -4.53. The van der Waals surface area contributed by atoms with Gasteiger partial charge in [-0.3, -0.25) is 4.79 Å². The molecule has 3 aromatic carbocycles. The highest BCUT2D eigenvalue weighted by atomic mass is 16.5. The number of piperidine rings is 1. The lowest BCUT2D eigenvalue weighted by atomic mass is 9.91. The summed E-state index contributed by atoms with van der Waals surface area (Å²) in [6.45, 7) is 8.01. The maximum atomic E-state index is 14.2. The Bertz CT molecular complexity index is 1570. The Morgan fingerprint density at radius 3 is 2.38 bits per heavy atom. The number of amides is 1. The number of benzene rings is 3. The van der Waals surface area contributed by atoms with Crippen molar-refractivity contribution in [3.63, 3.8) is 0 Å². The molecule has 0 aromatic heterocycles. The topological polar surface area (TPSA) is 112 Å². The number of ether oxygens (including phenoxy) is 4. The molecule has 1 aliphatic rings. The molecular weight excluding hydrogens is 598 g/mol. The zero-order valence-corrected chi connectivity index (χ0v) is 28.3. The van der Waals surface area contributed by atoms with Gasteiger partial charge in [-0.2, -0.15) is 0 Å². The van der Waals surface area contributed by atoms with Gasteiger partial charge in [-0.05, 0) is 111 Å². The zero-order chi connectivity index (χ0) is 34.1. The molecule has 1 heterocycles.